The Balaban J connectivity index is 1.61. The van der Waals surface area contributed by atoms with Crippen molar-refractivity contribution in [3.05, 3.63) is 73.2 Å². The summed E-state index contributed by atoms with van der Waals surface area (Å²) in [5.74, 6) is -0.897. The zero-order chi connectivity index (χ0) is 22.1. The van der Waals surface area contributed by atoms with Crippen molar-refractivity contribution < 1.29 is 9.18 Å². The number of rotatable bonds is 5. The molecule has 0 aliphatic heterocycles. The highest BCUT2D eigenvalue weighted by atomic mass is 35.5. The van der Waals surface area contributed by atoms with Gasteiger partial charge < -0.3 is 10.3 Å². The van der Waals surface area contributed by atoms with E-state index in [1.165, 1.54) is 23.5 Å². The van der Waals surface area contributed by atoms with Gasteiger partial charge in [-0.3, -0.25) is 14.2 Å². The molecule has 0 aliphatic carbocycles. The van der Waals surface area contributed by atoms with Crippen LogP contribution in [0.25, 0.3) is 16.0 Å². The summed E-state index contributed by atoms with van der Waals surface area (Å²) in [7, 11) is 0. The third-order valence-electron chi connectivity index (χ3n) is 4.32. The van der Waals surface area contributed by atoms with Gasteiger partial charge in [0.25, 0.3) is 5.56 Å². The number of anilines is 1. The highest BCUT2D eigenvalue weighted by molar-refractivity contribution is 7.99. The van der Waals surface area contributed by atoms with Gasteiger partial charge in [0.15, 0.2) is 14.8 Å². The van der Waals surface area contributed by atoms with Gasteiger partial charge in [0.2, 0.25) is 5.91 Å². The summed E-state index contributed by atoms with van der Waals surface area (Å²) in [5, 5.41) is 2.99. The molecule has 2 N–H and O–H groups in total. The Morgan fingerprint density at radius 2 is 2.13 bits per heavy atom. The predicted molar refractivity (Wildman–Crippen MR) is 126 cm³/mol. The minimum absolute atomic E-state index is 0.0304. The summed E-state index contributed by atoms with van der Waals surface area (Å²) in [6.45, 7) is 1.95. The number of aromatic amines is 1. The molecule has 0 spiro atoms. The normalized spacial score (nSPS) is 11.1. The highest BCUT2D eigenvalue weighted by Crippen LogP contribution is 2.27. The Labute approximate surface area is 194 Å². The average molecular weight is 493 g/mol. The molecule has 0 aliphatic rings. The van der Waals surface area contributed by atoms with Crippen LogP contribution in [-0.2, 0) is 4.79 Å². The molecule has 31 heavy (non-hydrogen) atoms. The number of aryl methyl sites for hydroxylation is 1. The van der Waals surface area contributed by atoms with E-state index >= 15 is 0 Å². The van der Waals surface area contributed by atoms with Crippen molar-refractivity contribution >= 4 is 68.9 Å². The number of thiazole rings is 1. The quantitative estimate of drug-likeness (QED) is 0.223. The monoisotopic (exact) mass is 492 g/mol. The van der Waals surface area contributed by atoms with E-state index in [1.54, 1.807) is 4.57 Å². The van der Waals surface area contributed by atoms with Gasteiger partial charge in [0.05, 0.1) is 22.2 Å². The van der Waals surface area contributed by atoms with Crippen LogP contribution in [0.5, 0.6) is 0 Å². The molecule has 11 heteroatoms. The largest absolute Gasteiger partial charge is 0.324 e. The Bertz CT molecular complexity index is 1430. The summed E-state index contributed by atoms with van der Waals surface area (Å²) in [6, 6.07) is 11.4. The van der Waals surface area contributed by atoms with Crippen LogP contribution in [0.3, 0.4) is 0 Å². The molecule has 2 aromatic heterocycles. The van der Waals surface area contributed by atoms with Crippen LogP contribution in [0.4, 0.5) is 10.1 Å². The number of amides is 1. The fourth-order valence-electron chi connectivity index (χ4n) is 2.90. The van der Waals surface area contributed by atoms with Gasteiger partial charge in [-0.1, -0.05) is 52.9 Å². The summed E-state index contributed by atoms with van der Waals surface area (Å²) < 4.78 is 15.8. The number of fused-ring (bicyclic) bond motifs is 1. The van der Waals surface area contributed by atoms with Crippen molar-refractivity contribution in [1.82, 2.24) is 14.5 Å². The first-order valence-electron chi connectivity index (χ1n) is 8.93. The fraction of sp³-hybridized carbons (Fsp3) is 0.100. The summed E-state index contributed by atoms with van der Waals surface area (Å²) in [4.78, 5) is 32.1. The van der Waals surface area contributed by atoms with E-state index in [2.05, 4.69) is 15.3 Å². The minimum atomic E-state index is -0.494. The zero-order valence-corrected chi connectivity index (χ0v) is 19.1. The van der Waals surface area contributed by atoms with Gasteiger partial charge in [-0.15, -0.1) is 0 Å². The van der Waals surface area contributed by atoms with Gasteiger partial charge in [-0.25, -0.2) is 9.37 Å². The Kier molecular flexibility index (Phi) is 6.24. The standard InChI is InChI=1S/C20H14ClFN4O2S3/c1-10-4-2-3-5-14(10)26-17-16(31-20(26)29)18(28)25-19(24-17)30-9-15(27)23-13-7-6-11(22)8-12(13)21/h2-8H,9H2,1H3,(H,23,27)(H,24,25,28). The number of nitrogens with zero attached hydrogens (tertiary/aromatic N) is 2. The number of aromatic nitrogens is 3. The second-order valence-electron chi connectivity index (χ2n) is 6.47. The third-order valence-corrected chi connectivity index (χ3v) is 6.87. The number of carbonyl (C=O) groups is 1. The van der Waals surface area contributed by atoms with Crippen LogP contribution in [0.2, 0.25) is 5.02 Å². The minimum Gasteiger partial charge on any atom is -0.324 e. The maximum atomic E-state index is 13.1. The lowest BCUT2D eigenvalue weighted by molar-refractivity contribution is -0.113. The fourth-order valence-corrected chi connectivity index (χ4v) is 5.03. The van der Waals surface area contributed by atoms with E-state index in [9.17, 15) is 14.0 Å². The second kappa shape index (κ2) is 8.91. The molecule has 4 aromatic rings. The zero-order valence-electron chi connectivity index (χ0n) is 15.9. The lowest BCUT2D eigenvalue weighted by Crippen LogP contribution is -2.16. The molecule has 0 bridgehead atoms. The second-order valence-corrected chi connectivity index (χ2v) is 9.49. The Morgan fingerprint density at radius 1 is 1.35 bits per heavy atom. The van der Waals surface area contributed by atoms with Gasteiger partial charge >= 0.3 is 0 Å². The number of benzene rings is 2. The number of thioether (sulfide) groups is 1. The first-order valence-corrected chi connectivity index (χ1v) is 11.5. The lowest BCUT2D eigenvalue weighted by Gasteiger charge is -2.09. The van der Waals surface area contributed by atoms with Crippen molar-refractivity contribution in [1.29, 1.82) is 0 Å². The molecule has 2 aromatic carbocycles. The van der Waals surface area contributed by atoms with E-state index in [1.807, 2.05) is 31.2 Å². The maximum Gasteiger partial charge on any atom is 0.271 e. The van der Waals surface area contributed by atoms with Gasteiger partial charge in [0, 0.05) is 0 Å². The van der Waals surface area contributed by atoms with E-state index in [-0.39, 0.29) is 27.4 Å². The van der Waals surface area contributed by atoms with E-state index in [4.69, 9.17) is 23.8 Å². The highest BCUT2D eigenvalue weighted by Gasteiger charge is 2.16. The van der Waals surface area contributed by atoms with Gasteiger partial charge in [-0.05, 0) is 49.0 Å². The third kappa shape index (κ3) is 4.57. The molecular weight excluding hydrogens is 479 g/mol. The SMILES string of the molecule is Cc1ccccc1-n1c(=S)sc2c(=O)[nH]c(SCC(=O)Nc3ccc(F)cc3Cl)nc21. The first kappa shape index (κ1) is 21.7. The van der Waals surface area contributed by atoms with Crippen LogP contribution in [0, 0.1) is 16.7 Å². The summed E-state index contributed by atoms with van der Waals surface area (Å²) >= 11 is 13.7. The van der Waals surface area contributed by atoms with Crippen molar-refractivity contribution in [2.45, 2.75) is 12.1 Å². The maximum absolute atomic E-state index is 13.1. The summed E-state index contributed by atoms with van der Waals surface area (Å²) in [6.07, 6.45) is 0. The van der Waals surface area contributed by atoms with E-state index < -0.39 is 5.82 Å². The molecule has 158 valence electrons. The molecule has 0 atom stereocenters. The molecule has 0 saturated carbocycles. The molecule has 6 nitrogen and oxygen atoms in total. The van der Waals surface area contributed by atoms with Crippen LogP contribution < -0.4 is 10.9 Å². The average Bonchev–Trinajstić information content (AvgIpc) is 3.05. The topological polar surface area (TPSA) is 79.8 Å². The number of H-pyrrole nitrogens is 1. The Morgan fingerprint density at radius 3 is 2.87 bits per heavy atom. The molecule has 1 amide bonds. The number of carbonyl (C=O) groups excluding carboxylic acids is 1. The number of hydrogen-bond acceptors (Lipinski definition) is 6. The first-order chi connectivity index (χ1) is 14.8. The molecule has 4 rings (SSSR count). The molecule has 0 fully saturated rings. The number of nitrogens with one attached hydrogen (secondary N) is 2. The van der Waals surface area contributed by atoms with Gasteiger partial charge in [0.1, 0.15) is 10.5 Å². The predicted octanol–water partition coefficient (Wildman–Crippen LogP) is 5.34. The molecular formula is C20H14ClFN4O2S3. The van der Waals surface area contributed by atoms with Crippen molar-refractivity contribution in [3.63, 3.8) is 0 Å². The molecule has 0 radical (unpaired) electrons. The molecule has 0 unspecified atom stereocenters. The van der Waals surface area contributed by atoms with Crippen LogP contribution in [0.1, 0.15) is 5.56 Å². The van der Waals surface area contributed by atoms with Crippen LogP contribution in [-0.4, -0.2) is 26.2 Å². The number of halogens is 2. The molecule has 2 heterocycles. The Hall–Kier alpha value is -2.53. The van der Waals surface area contributed by atoms with Crippen molar-refractivity contribution in [3.8, 4) is 5.69 Å². The van der Waals surface area contributed by atoms with Crippen LogP contribution >= 0.6 is 46.9 Å². The van der Waals surface area contributed by atoms with Crippen molar-refractivity contribution in [2.24, 2.45) is 0 Å². The van der Waals surface area contributed by atoms with E-state index in [0.717, 1.165) is 29.1 Å². The van der Waals surface area contributed by atoms with Crippen LogP contribution in [0.15, 0.2) is 52.4 Å². The number of para-hydroxylation sites is 1. The molecule has 0 saturated heterocycles. The van der Waals surface area contributed by atoms with Crippen molar-refractivity contribution in [2.75, 3.05) is 11.1 Å². The number of hydrogen-bond donors (Lipinski definition) is 2. The van der Waals surface area contributed by atoms with Gasteiger partial charge in [-0.2, -0.15) is 0 Å². The lowest BCUT2D eigenvalue weighted by atomic mass is 10.2. The summed E-state index contributed by atoms with van der Waals surface area (Å²) in [5.41, 5.74) is 2.26. The van der Waals surface area contributed by atoms with E-state index in [0.29, 0.717) is 20.0 Å². The smallest absolute Gasteiger partial charge is 0.271 e.